The number of hydrogen-bond donors (Lipinski definition) is 2. The fourth-order valence-corrected chi connectivity index (χ4v) is 3.12. The van der Waals surface area contributed by atoms with Crippen LogP contribution in [0, 0.1) is 6.92 Å². The largest absolute Gasteiger partial charge is 0.465 e. The summed E-state index contributed by atoms with van der Waals surface area (Å²) in [6.45, 7) is 1.78. The molecule has 0 unspecified atom stereocenters. The predicted octanol–water partition coefficient (Wildman–Crippen LogP) is 3.08. The molecule has 8 nitrogen and oxygen atoms in total. The second-order valence-corrected chi connectivity index (χ2v) is 6.89. The molecule has 0 atom stereocenters. The van der Waals surface area contributed by atoms with Crippen molar-refractivity contribution in [1.82, 2.24) is 9.78 Å². The monoisotopic (exact) mass is 398 g/mol. The summed E-state index contributed by atoms with van der Waals surface area (Å²) < 4.78 is 6.15. The quantitative estimate of drug-likeness (QED) is 0.643. The summed E-state index contributed by atoms with van der Waals surface area (Å²) in [4.78, 5) is 37.0. The number of anilines is 2. The molecule has 1 aromatic carbocycles. The van der Waals surface area contributed by atoms with Gasteiger partial charge in [0, 0.05) is 18.8 Å². The van der Waals surface area contributed by atoms with Crippen molar-refractivity contribution in [3.8, 4) is 0 Å². The second kappa shape index (κ2) is 8.05. The van der Waals surface area contributed by atoms with Crippen molar-refractivity contribution in [3.63, 3.8) is 0 Å². The van der Waals surface area contributed by atoms with Gasteiger partial charge < -0.3 is 15.4 Å². The van der Waals surface area contributed by atoms with Crippen LogP contribution in [0.2, 0.25) is 0 Å². The maximum Gasteiger partial charge on any atom is 0.338 e. The molecular formula is C19H18N4O4S. The Balaban J connectivity index is 1.75. The van der Waals surface area contributed by atoms with Crippen LogP contribution in [0.3, 0.4) is 0 Å². The first kappa shape index (κ1) is 19.3. The molecule has 0 fully saturated rings. The van der Waals surface area contributed by atoms with E-state index in [-0.39, 0.29) is 11.6 Å². The van der Waals surface area contributed by atoms with Gasteiger partial charge in [0.25, 0.3) is 11.8 Å². The molecule has 2 amide bonds. The van der Waals surface area contributed by atoms with Crippen LogP contribution in [0.1, 0.15) is 36.1 Å². The average Bonchev–Trinajstić information content (AvgIpc) is 3.33. The van der Waals surface area contributed by atoms with Gasteiger partial charge in [0.2, 0.25) is 0 Å². The SMILES string of the molecule is COC(=O)c1cc(NC(=O)c2cc(NC(=O)c3cccs3)n(C)n2)ccc1C. The number of hydrogen-bond acceptors (Lipinski definition) is 6. The zero-order chi connectivity index (χ0) is 20.3. The van der Waals surface area contributed by atoms with E-state index in [1.54, 1.807) is 49.7 Å². The van der Waals surface area contributed by atoms with Gasteiger partial charge in [-0.1, -0.05) is 12.1 Å². The highest BCUT2D eigenvalue weighted by Crippen LogP contribution is 2.18. The first-order chi connectivity index (χ1) is 13.4. The van der Waals surface area contributed by atoms with Gasteiger partial charge in [0.1, 0.15) is 5.82 Å². The Morgan fingerprint density at radius 2 is 1.89 bits per heavy atom. The number of amides is 2. The standard InChI is InChI=1S/C19H18N4O4S/c1-11-6-7-12(9-13(11)19(26)27-3)20-17(24)14-10-16(23(2)22-14)21-18(25)15-5-4-8-28-15/h4-10H,1-3H3,(H,20,24)(H,21,25). The molecular weight excluding hydrogens is 380 g/mol. The molecule has 2 aromatic heterocycles. The number of nitrogens with zero attached hydrogens (tertiary/aromatic N) is 2. The molecule has 2 heterocycles. The number of aromatic nitrogens is 2. The van der Waals surface area contributed by atoms with Crippen LogP contribution < -0.4 is 10.6 Å². The van der Waals surface area contributed by atoms with E-state index in [1.165, 1.54) is 29.2 Å². The Labute approximate surface area is 165 Å². The number of esters is 1. The smallest absolute Gasteiger partial charge is 0.338 e. The predicted molar refractivity (Wildman–Crippen MR) is 106 cm³/mol. The summed E-state index contributed by atoms with van der Waals surface area (Å²) >= 11 is 1.32. The number of ether oxygens (including phenoxy) is 1. The van der Waals surface area contributed by atoms with Crippen molar-refractivity contribution in [2.45, 2.75) is 6.92 Å². The number of carbonyl (C=O) groups is 3. The van der Waals surface area contributed by atoms with Crippen molar-refractivity contribution >= 4 is 40.6 Å². The molecule has 0 radical (unpaired) electrons. The molecule has 0 aliphatic heterocycles. The fourth-order valence-electron chi connectivity index (χ4n) is 2.51. The molecule has 0 aliphatic rings. The Bertz CT molecular complexity index is 1040. The minimum Gasteiger partial charge on any atom is -0.465 e. The maximum atomic E-state index is 12.5. The van der Waals surface area contributed by atoms with Crippen LogP contribution in [0.5, 0.6) is 0 Å². The van der Waals surface area contributed by atoms with E-state index in [0.717, 1.165) is 5.56 Å². The summed E-state index contributed by atoms with van der Waals surface area (Å²) in [5.74, 6) is -0.828. The van der Waals surface area contributed by atoms with Gasteiger partial charge in [0.15, 0.2) is 5.69 Å². The number of carbonyl (C=O) groups excluding carboxylic acids is 3. The van der Waals surface area contributed by atoms with Gasteiger partial charge in [-0.25, -0.2) is 4.79 Å². The molecule has 28 heavy (non-hydrogen) atoms. The van der Waals surface area contributed by atoms with Crippen molar-refractivity contribution in [3.05, 3.63) is 63.5 Å². The van der Waals surface area contributed by atoms with E-state index in [1.807, 2.05) is 0 Å². The van der Waals surface area contributed by atoms with Crippen molar-refractivity contribution in [1.29, 1.82) is 0 Å². The van der Waals surface area contributed by atoms with Crippen molar-refractivity contribution in [2.24, 2.45) is 7.05 Å². The van der Waals surface area contributed by atoms with E-state index >= 15 is 0 Å². The highest BCUT2D eigenvalue weighted by Gasteiger charge is 2.17. The summed E-state index contributed by atoms with van der Waals surface area (Å²) in [6, 6.07) is 9.92. The minimum atomic E-state index is -0.481. The third-order valence-electron chi connectivity index (χ3n) is 4.00. The minimum absolute atomic E-state index is 0.129. The van der Waals surface area contributed by atoms with E-state index < -0.39 is 11.9 Å². The molecule has 0 saturated carbocycles. The van der Waals surface area contributed by atoms with Crippen molar-refractivity contribution in [2.75, 3.05) is 17.7 Å². The van der Waals surface area contributed by atoms with E-state index in [2.05, 4.69) is 15.7 Å². The Hall–Kier alpha value is -3.46. The summed E-state index contributed by atoms with van der Waals surface area (Å²) in [5, 5.41) is 11.4. The second-order valence-electron chi connectivity index (χ2n) is 5.95. The molecule has 3 rings (SSSR count). The third kappa shape index (κ3) is 4.09. The van der Waals surface area contributed by atoms with Gasteiger partial charge in [-0.2, -0.15) is 5.10 Å². The highest BCUT2D eigenvalue weighted by atomic mass is 32.1. The van der Waals surface area contributed by atoms with Gasteiger partial charge in [-0.05, 0) is 36.1 Å². The summed E-state index contributed by atoms with van der Waals surface area (Å²) in [7, 11) is 2.93. The van der Waals surface area contributed by atoms with Crippen LogP contribution in [-0.4, -0.2) is 34.7 Å². The lowest BCUT2D eigenvalue weighted by atomic mass is 10.1. The first-order valence-electron chi connectivity index (χ1n) is 8.28. The van der Waals surface area contributed by atoms with Gasteiger partial charge in [-0.3, -0.25) is 14.3 Å². The number of aryl methyl sites for hydroxylation is 2. The van der Waals surface area contributed by atoms with Gasteiger partial charge in [-0.15, -0.1) is 11.3 Å². The molecule has 3 aromatic rings. The van der Waals surface area contributed by atoms with Gasteiger partial charge in [0.05, 0.1) is 17.6 Å². The average molecular weight is 398 g/mol. The Morgan fingerprint density at radius 3 is 2.57 bits per heavy atom. The van der Waals surface area contributed by atoms with Crippen LogP contribution in [-0.2, 0) is 11.8 Å². The Kier molecular flexibility index (Phi) is 5.55. The zero-order valence-corrected chi connectivity index (χ0v) is 16.3. The lowest BCUT2D eigenvalue weighted by Crippen LogP contribution is -2.14. The van der Waals surface area contributed by atoms with Crippen molar-refractivity contribution < 1.29 is 19.1 Å². The lowest BCUT2D eigenvalue weighted by molar-refractivity contribution is 0.0599. The topological polar surface area (TPSA) is 102 Å². The molecule has 2 N–H and O–H groups in total. The third-order valence-corrected chi connectivity index (χ3v) is 4.87. The zero-order valence-electron chi connectivity index (χ0n) is 15.5. The number of thiophene rings is 1. The van der Waals surface area contributed by atoms with Crippen LogP contribution in [0.15, 0.2) is 41.8 Å². The number of methoxy groups -OCH3 is 1. The van der Waals surface area contributed by atoms with Crippen LogP contribution >= 0.6 is 11.3 Å². The highest BCUT2D eigenvalue weighted by molar-refractivity contribution is 7.12. The molecule has 9 heteroatoms. The van der Waals surface area contributed by atoms with Crippen LogP contribution in [0.25, 0.3) is 0 Å². The molecule has 0 bridgehead atoms. The molecule has 144 valence electrons. The summed E-state index contributed by atoms with van der Waals surface area (Å²) in [5.41, 5.74) is 1.67. The molecule has 0 aliphatic carbocycles. The van der Waals surface area contributed by atoms with E-state index in [0.29, 0.717) is 21.9 Å². The summed E-state index contributed by atoms with van der Waals surface area (Å²) in [6.07, 6.45) is 0. The lowest BCUT2D eigenvalue weighted by Gasteiger charge is -2.08. The fraction of sp³-hybridized carbons (Fsp3) is 0.158. The van der Waals surface area contributed by atoms with Gasteiger partial charge >= 0.3 is 5.97 Å². The Morgan fingerprint density at radius 1 is 1.11 bits per heavy atom. The first-order valence-corrected chi connectivity index (χ1v) is 9.16. The molecule has 0 spiro atoms. The normalized spacial score (nSPS) is 10.4. The number of benzene rings is 1. The van der Waals surface area contributed by atoms with E-state index in [9.17, 15) is 14.4 Å². The molecule has 0 saturated heterocycles. The number of rotatable bonds is 5. The maximum absolute atomic E-state index is 12.5. The van der Waals surface area contributed by atoms with Crippen LogP contribution in [0.4, 0.5) is 11.5 Å². The van der Waals surface area contributed by atoms with E-state index in [4.69, 9.17) is 4.74 Å². The number of nitrogens with one attached hydrogen (secondary N) is 2.